The largest absolute Gasteiger partial charge is 0.369 e. The molecule has 2 fully saturated rings. The average molecular weight is 418 g/mol. The lowest BCUT2D eigenvalue weighted by molar-refractivity contribution is -0.123. The van der Waals surface area contributed by atoms with Gasteiger partial charge in [-0.25, -0.2) is 4.90 Å². The van der Waals surface area contributed by atoms with E-state index in [0.717, 1.165) is 37.4 Å². The quantitative estimate of drug-likeness (QED) is 0.713. The van der Waals surface area contributed by atoms with Crippen LogP contribution in [0, 0.1) is 6.92 Å². The molecule has 2 amide bonds. The van der Waals surface area contributed by atoms with Crippen molar-refractivity contribution in [2.75, 3.05) is 36.0 Å². The molecule has 1 atom stereocenters. The summed E-state index contributed by atoms with van der Waals surface area (Å²) in [6, 6.07) is 12.7. The molecule has 28 heavy (non-hydrogen) atoms. The van der Waals surface area contributed by atoms with E-state index < -0.39 is 6.04 Å². The lowest BCUT2D eigenvalue weighted by Gasteiger charge is -2.38. The topological polar surface area (TPSA) is 43.9 Å². The highest BCUT2D eigenvalue weighted by molar-refractivity contribution is 6.32. The molecule has 1 unspecified atom stereocenters. The minimum atomic E-state index is -0.403. The van der Waals surface area contributed by atoms with Crippen molar-refractivity contribution in [1.29, 1.82) is 0 Å². The second-order valence-electron chi connectivity index (χ2n) is 7.22. The molecule has 2 aromatic rings. The Balaban J connectivity index is 1.44. The Morgan fingerprint density at radius 1 is 0.893 bits per heavy atom. The first-order valence-corrected chi connectivity index (χ1v) is 10.1. The van der Waals surface area contributed by atoms with Crippen LogP contribution in [0.15, 0.2) is 42.5 Å². The van der Waals surface area contributed by atoms with E-state index in [1.54, 1.807) is 12.1 Å². The first kappa shape index (κ1) is 19.2. The third-order valence-corrected chi connectivity index (χ3v) is 6.14. The number of piperazine rings is 1. The van der Waals surface area contributed by atoms with E-state index in [4.69, 9.17) is 23.2 Å². The van der Waals surface area contributed by atoms with Crippen LogP contribution in [0.4, 0.5) is 11.4 Å². The number of halogens is 2. The molecule has 2 heterocycles. The van der Waals surface area contributed by atoms with Crippen LogP contribution in [-0.2, 0) is 9.59 Å². The highest BCUT2D eigenvalue weighted by Gasteiger charge is 2.43. The third kappa shape index (κ3) is 3.62. The summed E-state index contributed by atoms with van der Waals surface area (Å²) in [5, 5.41) is 1.27. The molecule has 7 heteroatoms. The number of hydrogen-bond acceptors (Lipinski definition) is 4. The van der Waals surface area contributed by atoms with E-state index in [2.05, 4.69) is 9.80 Å². The lowest BCUT2D eigenvalue weighted by Crippen LogP contribution is -2.52. The van der Waals surface area contributed by atoms with Crippen molar-refractivity contribution < 1.29 is 9.59 Å². The van der Waals surface area contributed by atoms with Gasteiger partial charge in [0.15, 0.2) is 0 Å². The fourth-order valence-corrected chi connectivity index (χ4v) is 4.14. The molecule has 0 saturated carbocycles. The minimum Gasteiger partial charge on any atom is -0.369 e. The number of carbonyl (C=O) groups excluding carboxylic acids is 2. The van der Waals surface area contributed by atoms with Crippen molar-refractivity contribution in [1.82, 2.24) is 4.90 Å². The highest BCUT2D eigenvalue weighted by Crippen LogP contribution is 2.30. The summed E-state index contributed by atoms with van der Waals surface area (Å²) in [5.74, 6) is -0.333. The van der Waals surface area contributed by atoms with E-state index >= 15 is 0 Å². The predicted octanol–water partition coefficient (Wildman–Crippen LogP) is 3.76. The van der Waals surface area contributed by atoms with Gasteiger partial charge in [0.05, 0.1) is 18.2 Å². The number of anilines is 2. The summed E-state index contributed by atoms with van der Waals surface area (Å²) >= 11 is 12.1. The van der Waals surface area contributed by atoms with Crippen LogP contribution < -0.4 is 9.80 Å². The molecule has 2 aromatic carbocycles. The Labute approximate surface area is 174 Å². The van der Waals surface area contributed by atoms with Crippen LogP contribution in [0.2, 0.25) is 10.0 Å². The third-order valence-electron chi connectivity index (χ3n) is 5.48. The van der Waals surface area contributed by atoms with Gasteiger partial charge in [0.25, 0.3) is 5.91 Å². The number of rotatable bonds is 3. The zero-order chi connectivity index (χ0) is 19.8. The number of nitrogens with zero attached hydrogens (tertiary/aromatic N) is 3. The van der Waals surface area contributed by atoms with Gasteiger partial charge in [0.1, 0.15) is 0 Å². The van der Waals surface area contributed by atoms with Crippen molar-refractivity contribution >= 4 is 46.4 Å². The zero-order valence-electron chi connectivity index (χ0n) is 15.6. The first-order valence-electron chi connectivity index (χ1n) is 9.31. The van der Waals surface area contributed by atoms with Crippen LogP contribution in [-0.4, -0.2) is 48.9 Å². The van der Waals surface area contributed by atoms with Gasteiger partial charge in [0.2, 0.25) is 5.91 Å². The number of hydrogen-bond donors (Lipinski definition) is 0. The van der Waals surface area contributed by atoms with Crippen LogP contribution in [0.25, 0.3) is 0 Å². The van der Waals surface area contributed by atoms with Gasteiger partial charge in [-0.3, -0.25) is 14.5 Å². The smallest absolute Gasteiger partial charge is 0.251 e. The van der Waals surface area contributed by atoms with E-state index in [0.29, 0.717) is 15.7 Å². The molecule has 146 valence electrons. The maximum absolute atomic E-state index is 13.0. The Morgan fingerprint density at radius 3 is 2.18 bits per heavy atom. The number of amides is 2. The molecule has 0 spiro atoms. The van der Waals surface area contributed by atoms with Crippen molar-refractivity contribution in [3.8, 4) is 0 Å². The van der Waals surface area contributed by atoms with E-state index in [9.17, 15) is 9.59 Å². The Hall–Kier alpha value is -2.08. The summed E-state index contributed by atoms with van der Waals surface area (Å²) in [5.41, 5.74) is 2.58. The zero-order valence-corrected chi connectivity index (χ0v) is 17.1. The lowest BCUT2D eigenvalue weighted by atomic mass is 10.1. The predicted molar refractivity (Wildman–Crippen MR) is 112 cm³/mol. The fraction of sp³-hybridized carbons (Fsp3) is 0.333. The molecular weight excluding hydrogens is 397 g/mol. The standard InChI is InChI=1S/C21H21Cl2N3O2/c1-14-2-5-17(12-18(14)23)26-20(27)13-19(21(26)28)25-10-8-24(9-11-25)16-6-3-15(22)4-7-16/h2-7,12,19H,8-11,13H2,1H3. The van der Waals surface area contributed by atoms with Gasteiger partial charge in [0, 0.05) is 41.9 Å². The summed E-state index contributed by atoms with van der Waals surface area (Å²) in [6.07, 6.45) is 0.214. The van der Waals surface area contributed by atoms with E-state index in [1.165, 1.54) is 4.90 Å². The Kier molecular flexibility index (Phi) is 5.32. The number of aryl methyl sites for hydroxylation is 1. The molecule has 2 aliphatic rings. The number of benzene rings is 2. The molecule has 0 bridgehead atoms. The number of carbonyl (C=O) groups is 2. The first-order chi connectivity index (χ1) is 13.4. The van der Waals surface area contributed by atoms with Gasteiger partial charge >= 0.3 is 0 Å². The van der Waals surface area contributed by atoms with Crippen LogP contribution in [0.5, 0.6) is 0 Å². The van der Waals surface area contributed by atoms with Gasteiger partial charge < -0.3 is 4.90 Å². The van der Waals surface area contributed by atoms with E-state index in [-0.39, 0.29) is 18.2 Å². The van der Waals surface area contributed by atoms with Crippen molar-refractivity contribution in [2.45, 2.75) is 19.4 Å². The van der Waals surface area contributed by atoms with Gasteiger partial charge in [-0.2, -0.15) is 0 Å². The van der Waals surface area contributed by atoms with E-state index in [1.807, 2.05) is 37.3 Å². The van der Waals surface area contributed by atoms with Crippen LogP contribution in [0.3, 0.4) is 0 Å². The maximum atomic E-state index is 13.0. The average Bonchev–Trinajstić information content (AvgIpc) is 2.99. The van der Waals surface area contributed by atoms with Crippen LogP contribution >= 0.6 is 23.2 Å². The van der Waals surface area contributed by atoms with Gasteiger partial charge in [-0.05, 0) is 48.9 Å². The van der Waals surface area contributed by atoms with Gasteiger partial charge in [-0.15, -0.1) is 0 Å². The second-order valence-corrected chi connectivity index (χ2v) is 8.06. The number of imide groups is 1. The van der Waals surface area contributed by atoms with Crippen LogP contribution in [0.1, 0.15) is 12.0 Å². The summed E-state index contributed by atoms with van der Waals surface area (Å²) in [6.45, 7) is 4.96. The molecule has 2 aliphatic heterocycles. The molecular formula is C21H21Cl2N3O2. The van der Waals surface area contributed by atoms with Gasteiger partial charge in [-0.1, -0.05) is 29.3 Å². The molecule has 0 aliphatic carbocycles. The maximum Gasteiger partial charge on any atom is 0.251 e. The van der Waals surface area contributed by atoms with Crippen molar-refractivity contribution in [2.24, 2.45) is 0 Å². The summed E-state index contributed by atoms with van der Waals surface area (Å²) in [7, 11) is 0. The van der Waals surface area contributed by atoms with Crippen molar-refractivity contribution in [3.05, 3.63) is 58.1 Å². The SMILES string of the molecule is Cc1ccc(N2C(=O)CC(N3CCN(c4ccc(Cl)cc4)CC3)C2=O)cc1Cl. The normalized spacial score (nSPS) is 20.9. The fourth-order valence-electron chi connectivity index (χ4n) is 3.84. The summed E-state index contributed by atoms with van der Waals surface area (Å²) < 4.78 is 0. The molecule has 0 aromatic heterocycles. The molecule has 0 radical (unpaired) electrons. The Bertz CT molecular complexity index is 908. The second kappa shape index (κ2) is 7.74. The monoisotopic (exact) mass is 417 g/mol. The molecule has 0 N–H and O–H groups in total. The molecule has 5 nitrogen and oxygen atoms in total. The summed E-state index contributed by atoms with van der Waals surface area (Å²) in [4.78, 5) is 31.2. The highest BCUT2D eigenvalue weighted by atomic mass is 35.5. The van der Waals surface area contributed by atoms with Crippen molar-refractivity contribution in [3.63, 3.8) is 0 Å². The molecule has 2 saturated heterocycles. The Morgan fingerprint density at radius 2 is 1.54 bits per heavy atom. The molecule has 4 rings (SSSR count). The minimum absolute atomic E-state index is 0.162.